The third-order valence-electron chi connectivity index (χ3n) is 7.73. The molecular weight excluding hydrogens is 546 g/mol. The number of carbonyl (C=O) groups excluding carboxylic acids is 4. The zero-order valence-corrected chi connectivity index (χ0v) is 22.2. The molecule has 0 bridgehead atoms. The molecule has 7 rings (SSSR count). The number of para-hydroxylation sites is 1. The van der Waals surface area contributed by atoms with Crippen molar-refractivity contribution in [2.24, 2.45) is 0 Å². The zero-order chi connectivity index (χ0) is 28.9. The zero-order valence-electron chi connectivity index (χ0n) is 22.2. The van der Waals surface area contributed by atoms with Crippen molar-refractivity contribution in [3.63, 3.8) is 0 Å². The fourth-order valence-electron chi connectivity index (χ4n) is 5.86. The van der Waals surface area contributed by atoms with Gasteiger partial charge in [0.1, 0.15) is 0 Å². The Morgan fingerprint density at radius 1 is 0.690 bits per heavy atom. The van der Waals surface area contributed by atoms with Gasteiger partial charge < -0.3 is 18.9 Å². The largest absolute Gasteiger partial charge is 0.444 e. The van der Waals surface area contributed by atoms with Crippen molar-refractivity contribution in [2.45, 2.75) is 24.9 Å². The van der Waals surface area contributed by atoms with Crippen molar-refractivity contribution in [3.8, 4) is 0 Å². The van der Waals surface area contributed by atoms with Crippen LogP contribution in [0, 0.1) is 0 Å². The SMILES string of the molecule is O=C1C=CC(=O)OC2(O1)N(CCN1Cc3ccccc3C1)CCN(c1n[nH]c3ccccc13)C21OC(=O)C=CC(=O)O1. The van der Waals surface area contributed by atoms with Crippen LogP contribution >= 0.6 is 0 Å². The number of hydrogen-bond donors (Lipinski definition) is 1. The fourth-order valence-corrected chi connectivity index (χ4v) is 5.86. The molecule has 214 valence electrons. The van der Waals surface area contributed by atoms with Gasteiger partial charge in [0, 0.05) is 69.0 Å². The van der Waals surface area contributed by atoms with Crippen molar-refractivity contribution in [1.29, 1.82) is 0 Å². The van der Waals surface area contributed by atoms with E-state index in [0.717, 1.165) is 24.3 Å². The second-order valence-corrected chi connectivity index (χ2v) is 10.2. The molecule has 3 aromatic rings. The molecule has 1 aromatic heterocycles. The summed E-state index contributed by atoms with van der Waals surface area (Å²) < 4.78 is 23.4. The van der Waals surface area contributed by atoms with E-state index < -0.39 is 35.7 Å². The van der Waals surface area contributed by atoms with Crippen molar-refractivity contribution >= 4 is 40.6 Å². The lowest BCUT2D eigenvalue weighted by atomic mass is 10.1. The van der Waals surface area contributed by atoms with Crippen LogP contribution in [0.4, 0.5) is 5.82 Å². The minimum atomic E-state index is -2.60. The third-order valence-corrected chi connectivity index (χ3v) is 7.73. The first-order chi connectivity index (χ1) is 20.4. The Hall–Kier alpha value is -5.01. The summed E-state index contributed by atoms with van der Waals surface area (Å²) >= 11 is 0. The van der Waals surface area contributed by atoms with Crippen molar-refractivity contribution in [2.75, 3.05) is 31.1 Å². The Morgan fingerprint density at radius 2 is 1.24 bits per heavy atom. The van der Waals surface area contributed by atoms with Crippen LogP contribution in [0.25, 0.3) is 10.9 Å². The topological polar surface area (TPSA) is 144 Å². The maximum absolute atomic E-state index is 13.0. The molecule has 0 atom stereocenters. The third kappa shape index (κ3) is 4.13. The number of hydrogen-bond acceptors (Lipinski definition) is 12. The molecule has 2 aromatic carbocycles. The Bertz CT molecular complexity index is 1610. The monoisotopic (exact) mass is 571 g/mol. The first kappa shape index (κ1) is 25.9. The average molecular weight is 572 g/mol. The minimum Gasteiger partial charge on any atom is -0.397 e. The molecular formula is C29H25N5O8. The predicted octanol–water partition coefficient (Wildman–Crippen LogP) is 1.32. The van der Waals surface area contributed by atoms with Gasteiger partial charge in [-0.05, 0) is 23.3 Å². The van der Waals surface area contributed by atoms with Crippen LogP contribution in [0.15, 0.2) is 72.8 Å². The highest BCUT2D eigenvalue weighted by atomic mass is 16.8. The number of nitrogens with one attached hydrogen (secondary N) is 1. The molecule has 0 aliphatic carbocycles. The Kier molecular flexibility index (Phi) is 6.06. The van der Waals surface area contributed by atoms with E-state index >= 15 is 0 Å². The number of aromatic amines is 1. The number of esters is 4. The van der Waals surface area contributed by atoms with Crippen LogP contribution in [0.5, 0.6) is 0 Å². The Morgan fingerprint density at radius 3 is 1.86 bits per heavy atom. The van der Waals surface area contributed by atoms with Crippen LogP contribution in [0.3, 0.4) is 0 Å². The number of piperazine rings is 1. The summed E-state index contributed by atoms with van der Waals surface area (Å²) in [6.07, 6.45) is 3.60. The first-order valence-electron chi connectivity index (χ1n) is 13.4. The number of H-pyrrole nitrogens is 1. The summed E-state index contributed by atoms with van der Waals surface area (Å²) in [6.45, 7) is 2.27. The highest BCUT2D eigenvalue weighted by molar-refractivity contribution is 5.96. The van der Waals surface area contributed by atoms with Gasteiger partial charge in [-0.2, -0.15) is 5.10 Å². The molecule has 0 saturated carbocycles. The predicted molar refractivity (Wildman–Crippen MR) is 144 cm³/mol. The molecule has 0 unspecified atom stereocenters. The normalized spacial score (nSPS) is 21.6. The average Bonchev–Trinajstić information content (AvgIpc) is 3.51. The lowest BCUT2D eigenvalue weighted by Gasteiger charge is -2.55. The summed E-state index contributed by atoms with van der Waals surface area (Å²) in [5.74, 6) is -8.79. The van der Waals surface area contributed by atoms with E-state index in [2.05, 4.69) is 27.2 Å². The molecule has 2 spiro atoms. The Labute approximate surface area is 238 Å². The van der Waals surface area contributed by atoms with Crippen LogP contribution in [0.1, 0.15) is 11.1 Å². The van der Waals surface area contributed by atoms with E-state index in [-0.39, 0.29) is 25.5 Å². The molecule has 1 fully saturated rings. The van der Waals surface area contributed by atoms with Gasteiger partial charge in [-0.25, -0.2) is 24.1 Å². The van der Waals surface area contributed by atoms with Gasteiger partial charge in [0.2, 0.25) is 0 Å². The molecule has 13 nitrogen and oxygen atoms in total. The molecule has 4 aliphatic heterocycles. The van der Waals surface area contributed by atoms with Crippen molar-refractivity contribution in [1.82, 2.24) is 20.0 Å². The lowest BCUT2D eigenvalue weighted by molar-refractivity contribution is -0.416. The van der Waals surface area contributed by atoms with Gasteiger partial charge >= 0.3 is 35.7 Å². The van der Waals surface area contributed by atoms with Crippen LogP contribution in [-0.2, 0) is 51.2 Å². The Balaban J connectivity index is 1.34. The fraction of sp³-hybridized carbons (Fsp3) is 0.276. The molecule has 0 radical (unpaired) electrons. The number of fused-ring (bicyclic) bond motifs is 3. The summed E-state index contributed by atoms with van der Waals surface area (Å²) in [5, 5.41) is 7.93. The molecule has 42 heavy (non-hydrogen) atoms. The number of carbonyl (C=O) groups is 4. The molecule has 0 amide bonds. The summed E-state index contributed by atoms with van der Waals surface area (Å²) in [5.41, 5.74) is 3.05. The molecule has 1 N–H and O–H groups in total. The number of aromatic nitrogens is 2. The second kappa shape index (κ2) is 9.82. The number of nitrogens with zero attached hydrogens (tertiary/aromatic N) is 4. The van der Waals surface area contributed by atoms with Gasteiger partial charge in [0.25, 0.3) is 0 Å². The van der Waals surface area contributed by atoms with E-state index in [1.165, 1.54) is 16.0 Å². The van der Waals surface area contributed by atoms with E-state index in [1.807, 2.05) is 18.2 Å². The number of anilines is 1. The molecule has 13 heteroatoms. The summed E-state index contributed by atoms with van der Waals surface area (Å²) in [4.78, 5) is 57.2. The van der Waals surface area contributed by atoms with E-state index in [1.54, 1.807) is 23.1 Å². The molecule has 5 heterocycles. The highest BCUT2D eigenvalue weighted by Crippen LogP contribution is 2.47. The first-order valence-corrected chi connectivity index (χ1v) is 13.4. The van der Waals surface area contributed by atoms with Gasteiger partial charge in [0.05, 0.1) is 5.52 Å². The number of rotatable bonds is 4. The van der Waals surface area contributed by atoms with Crippen molar-refractivity contribution < 1.29 is 38.1 Å². The van der Waals surface area contributed by atoms with Crippen LogP contribution < -0.4 is 4.90 Å². The number of benzene rings is 2. The van der Waals surface area contributed by atoms with Crippen molar-refractivity contribution in [3.05, 3.63) is 84.0 Å². The smallest absolute Gasteiger partial charge is 0.397 e. The van der Waals surface area contributed by atoms with Gasteiger partial charge in [0.15, 0.2) is 5.82 Å². The van der Waals surface area contributed by atoms with Crippen LogP contribution in [0.2, 0.25) is 0 Å². The van der Waals surface area contributed by atoms with Gasteiger partial charge in [-0.3, -0.25) is 14.9 Å². The maximum Gasteiger partial charge on any atom is 0.444 e. The van der Waals surface area contributed by atoms with Crippen LogP contribution in [-0.4, -0.2) is 81.9 Å². The standard InChI is InChI=1S/C29H25N5O8/c35-23-9-10-24(36)40-28(39-23)29(41-25(37)11-12-26(38)42-29)34(27-21-7-3-4-8-22(21)30-31-27)16-15-33(28)14-13-32-17-19-5-1-2-6-20(19)18-32/h1-12H,13-18H2,(H,30,31). The minimum absolute atomic E-state index is 0.0832. The van der Waals surface area contributed by atoms with Gasteiger partial charge in [-0.1, -0.05) is 36.4 Å². The molecule has 4 aliphatic rings. The quantitative estimate of drug-likeness (QED) is 0.451. The summed E-state index contributed by atoms with van der Waals surface area (Å²) in [6, 6.07) is 15.3. The highest BCUT2D eigenvalue weighted by Gasteiger charge is 2.75. The van der Waals surface area contributed by atoms with Gasteiger partial charge in [-0.15, -0.1) is 0 Å². The summed E-state index contributed by atoms with van der Waals surface area (Å²) in [7, 11) is 0. The number of ether oxygens (including phenoxy) is 4. The van der Waals surface area contributed by atoms with E-state index in [4.69, 9.17) is 18.9 Å². The maximum atomic E-state index is 13.0. The molecule has 1 saturated heterocycles. The van der Waals surface area contributed by atoms with E-state index in [9.17, 15) is 19.2 Å². The van der Waals surface area contributed by atoms with E-state index in [0.29, 0.717) is 30.5 Å². The lowest BCUT2D eigenvalue weighted by Crippen LogP contribution is -2.81. The second-order valence-electron chi connectivity index (χ2n) is 10.2.